The minimum Gasteiger partial charge on any atom is -0.440 e. The highest BCUT2D eigenvalue weighted by atomic mass is 35.5. The first-order chi connectivity index (χ1) is 10.3. The van der Waals surface area contributed by atoms with Gasteiger partial charge >= 0.3 is 0 Å². The van der Waals surface area contributed by atoms with Crippen molar-refractivity contribution < 1.29 is 4.42 Å². The maximum Gasteiger partial charge on any atom is 0.205 e. The molecule has 0 amide bonds. The van der Waals surface area contributed by atoms with Crippen LogP contribution in [0, 0.1) is 0 Å². The number of imidazole rings is 1. The van der Waals surface area contributed by atoms with E-state index in [-0.39, 0.29) is 0 Å². The number of nitrogens with one attached hydrogen (secondary N) is 1. The van der Waals surface area contributed by atoms with Crippen LogP contribution in [-0.4, -0.2) is 15.0 Å². The number of aromatic nitrogens is 3. The fourth-order valence-electron chi connectivity index (χ4n) is 2.14. The molecule has 0 bridgehead atoms. The highest BCUT2D eigenvalue weighted by Crippen LogP contribution is 2.25. The van der Waals surface area contributed by atoms with Crippen molar-refractivity contribution in [3.8, 4) is 0 Å². The molecule has 0 fully saturated rings. The predicted octanol–water partition coefficient (Wildman–Crippen LogP) is 4.65. The largest absolute Gasteiger partial charge is 0.440 e. The molecule has 0 radical (unpaired) electrons. The lowest BCUT2D eigenvalue weighted by atomic mass is 10.3. The molecule has 0 saturated heterocycles. The third kappa shape index (κ3) is 2.50. The van der Waals surface area contributed by atoms with E-state index in [1.165, 1.54) is 0 Å². The maximum absolute atomic E-state index is 5.97. The molecule has 0 aliphatic heterocycles. The summed E-state index contributed by atoms with van der Waals surface area (Å²) < 4.78 is 5.69. The molecular weight excluding hydrogens is 306 g/mol. The van der Waals surface area contributed by atoms with Crippen LogP contribution >= 0.6 is 23.4 Å². The van der Waals surface area contributed by atoms with Gasteiger partial charge in [0.25, 0.3) is 0 Å². The van der Waals surface area contributed by atoms with E-state index in [1.807, 2.05) is 42.5 Å². The van der Waals surface area contributed by atoms with Crippen molar-refractivity contribution in [1.82, 2.24) is 15.0 Å². The van der Waals surface area contributed by atoms with Crippen molar-refractivity contribution >= 4 is 45.5 Å². The average Bonchev–Trinajstić information content (AvgIpc) is 3.07. The lowest BCUT2D eigenvalue weighted by molar-refractivity contribution is 0.556. The second-order valence-electron chi connectivity index (χ2n) is 4.57. The van der Waals surface area contributed by atoms with Gasteiger partial charge in [0.2, 0.25) is 5.89 Å². The Kier molecular flexibility index (Phi) is 3.09. The monoisotopic (exact) mass is 315 g/mol. The first-order valence-electron chi connectivity index (χ1n) is 6.40. The van der Waals surface area contributed by atoms with Crippen LogP contribution in [-0.2, 0) is 5.75 Å². The molecule has 104 valence electrons. The molecule has 2 aromatic carbocycles. The standard InChI is InChI=1S/C15H10ClN3OS/c16-9-5-6-10-12(7-9)19-15(18-10)21-8-14-17-11-3-1-2-4-13(11)20-14/h1-7H,8H2,(H,18,19). The summed E-state index contributed by atoms with van der Waals surface area (Å²) in [6.07, 6.45) is 0. The first kappa shape index (κ1) is 12.7. The van der Waals surface area contributed by atoms with Crippen molar-refractivity contribution in [2.75, 3.05) is 0 Å². The van der Waals surface area contributed by atoms with E-state index in [1.54, 1.807) is 11.8 Å². The summed E-state index contributed by atoms with van der Waals surface area (Å²) in [5, 5.41) is 1.52. The fraction of sp³-hybridized carbons (Fsp3) is 0.0667. The molecule has 0 spiro atoms. The Morgan fingerprint density at radius 3 is 2.90 bits per heavy atom. The van der Waals surface area contributed by atoms with Crippen molar-refractivity contribution in [3.05, 3.63) is 53.4 Å². The van der Waals surface area contributed by atoms with Gasteiger partial charge in [-0.25, -0.2) is 9.97 Å². The lowest BCUT2D eigenvalue weighted by Gasteiger charge is -1.92. The maximum atomic E-state index is 5.97. The number of rotatable bonds is 3. The van der Waals surface area contributed by atoms with Gasteiger partial charge < -0.3 is 9.40 Å². The summed E-state index contributed by atoms with van der Waals surface area (Å²) in [6.45, 7) is 0. The van der Waals surface area contributed by atoms with Crippen LogP contribution in [0.25, 0.3) is 22.1 Å². The van der Waals surface area contributed by atoms with E-state index in [9.17, 15) is 0 Å². The number of thioether (sulfide) groups is 1. The van der Waals surface area contributed by atoms with Crippen LogP contribution in [0.4, 0.5) is 0 Å². The molecule has 0 saturated carbocycles. The summed E-state index contributed by atoms with van der Waals surface area (Å²) in [5.74, 6) is 1.32. The number of fused-ring (bicyclic) bond motifs is 2. The quantitative estimate of drug-likeness (QED) is 0.559. The normalized spacial score (nSPS) is 11.5. The van der Waals surface area contributed by atoms with Gasteiger partial charge in [0.15, 0.2) is 10.7 Å². The van der Waals surface area contributed by atoms with Crippen molar-refractivity contribution in [1.29, 1.82) is 0 Å². The Hall–Kier alpha value is -1.98. The summed E-state index contributed by atoms with van der Waals surface area (Å²) in [4.78, 5) is 12.2. The van der Waals surface area contributed by atoms with Gasteiger partial charge in [-0.15, -0.1) is 0 Å². The van der Waals surface area contributed by atoms with Crippen LogP contribution in [0.3, 0.4) is 0 Å². The Labute approximate surface area is 129 Å². The molecule has 4 nitrogen and oxygen atoms in total. The van der Waals surface area contributed by atoms with E-state index >= 15 is 0 Å². The molecule has 4 rings (SSSR count). The van der Waals surface area contributed by atoms with E-state index in [0.29, 0.717) is 16.7 Å². The van der Waals surface area contributed by atoms with E-state index < -0.39 is 0 Å². The van der Waals surface area contributed by atoms with Crippen LogP contribution in [0.2, 0.25) is 5.02 Å². The second kappa shape index (κ2) is 5.09. The zero-order chi connectivity index (χ0) is 14.2. The highest BCUT2D eigenvalue weighted by Gasteiger charge is 2.08. The molecule has 21 heavy (non-hydrogen) atoms. The Bertz CT molecular complexity index is 898. The van der Waals surface area contributed by atoms with Crippen molar-refractivity contribution in [2.45, 2.75) is 10.9 Å². The third-order valence-electron chi connectivity index (χ3n) is 3.09. The van der Waals surface area contributed by atoms with E-state index in [2.05, 4.69) is 15.0 Å². The van der Waals surface area contributed by atoms with Gasteiger partial charge in [-0.3, -0.25) is 0 Å². The lowest BCUT2D eigenvalue weighted by Crippen LogP contribution is -1.81. The van der Waals surface area contributed by atoms with Crippen LogP contribution < -0.4 is 0 Å². The summed E-state index contributed by atoms with van der Waals surface area (Å²) in [5.41, 5.74) is 3.52. The second-order valence-corrected chi connectivity index (χ2v) is 5.97. The smallest absolute Gasteiger partial charge is 0.205 e. The molecule has 6 heteroatoms. The first-order valence-corrected chi connectivity index (χ1v) is 7.77. The predicted molar refractivity (Wildman–Crippen MR) is 84.7 cm³/mol. The molecule has 2 aromatic heterocycles. The topological polar surface area (TPSA) is 54.7 Å². The number of para-hydroxylation sites is 2. The molecule has 2 heterocycles. The Balaban J connectivity index is 1.57. The molecule has 4 aromatic rings. The minimum atomic E-state index is 0.627. The molecule has 0 unspecified atom stereocenters. The van der Waals surface area contributed by atoms with Gasteiger partial charge in [-0.1, -0.05) is 35.5 Å². The van der Waals surface area contributed by atoms with Crippen LogP contribution in [0.5, 0.6) is 0 Å². The number of halogens is 1. The molecular formula is C15H10ClN3OS. The third-order valence-corrected chi connectivity index (χ3v) is 4.19. The van der Waals surface area contributed by atoms with Crippen molar-refractivity contribution in [2.24, 2.45) is 0 Å². The van der Waals surface area contributed by atoms with Crippen molar-refractivity contribution in [3.63, 3.8) is 0 Å². The average molecular weight is 316 g/mol. The summed E-state index contributed by atoms with van der Waals surface area (Å²) in [6, 6.07) is 13.3. The number of benzene rings is 2. The van der Waals surface area contributed by atoms with Crippen LogP contribution in [0.1, 0.15) is 5.89 Å². The van der Waals surface area contributed by atoms with Gasteiger partial charge in [-0.05, 0) is 30.3 Å². The number of hydrogen-bond acceptors (Lipinski definition) is 4. The Morgan fingerprint density at radius 2 is 2.00 bits per heavy atom. The minimum absolute atomic E-state index is 0.627. The molecule has 0 atom stereocenters. The number of hydrogen-bond donors (Lipinski definition) is 1. The molecule has 1 N–H and O–H groups in total. The molecule has 0 aliphatic rings. The van der Waals surface area contributed by atoms with E-state index in [4.69, 9.17) is 16.0 Å². The molecule has 0 aliphatic carbocycles. The fourth-order valence-corrected chi connectivity index (χ4v) is 3.04. The van der Waals surface area contributed by atoms with Gasteiger partial charge in [0.1, 0.15) is 5.52 Å². The van der Waals surface area contributed by atoms with E-state index in [0.717, 1.165) is 27.3 Å². The number of nitrogens with zero attached hydrogens (tertiary/aromatic N) is 2. The summed E-state index contributed by atoms with van der Waals surface area (Å²) in [7, 11) is 0. The zero-order valence-corrected chi connectivity index (χ0v) is 12.4. The Morgan fingerprint density at radius 1 is 1.10 bits per heavy atom. The van der Waals surface area contributed by atoms with Crippen LogP contribution in [0.15, 0.2) is 52.0 Å². The number of aromatic amines is 1. The summed E-state index contributed by atoms with van der Waals surface area (Å²) >= 11 is 7.52. The number of oxazole rings is 1. The van der Waals surface area contributed by atoms with Gasteiger partial charge in [0, 0.05) is 5.02 Å². The zero-order valence-electron chi connectivity index (χ0n) is 10.8. The van der Waals surface area contributed by atoms with Gasteiger partial charge in [-0.2, -0.15) is 0 Å². The van der Waals surface area contributed by atoms with Gasteiger partial charge in [0.05, 0.1) is 16.8 Å². The number of H-pyrrole nitrogens is 1. The SMILES string of the molecule is Clc1ccc2nc(SCc3nc4ccccc4o3)[nH]c2c1. The highest BCUT2D eigenvalue weighted by molar-refractivity contribution is 7.98.